The van der Waals surface area contributed by atoms with Gasteiger partial charge in [-0.15, -0.1) is 0 Å². The minimum absolute atomic E-state index is 0.299. The van der Waals surface area contributed by atoms with Crippen LogP contribution in [0.5, 0.6) is 5.75 Å². The lowest BCUT2D eigenvalue weighted by Crippen LogP contribution is -2.28. The summed E-state index contributed by atoms with van der Waals surface area (Å²) in [6, 6.07) is 8.32. The first-order chi connectivity index (χ1) is 14.8. The van der Waals surface area contributed by atoms with Gasteiger partial charge in [0.05, 0.1) is 5.92 Å². The summed E-state index contributed by atoms with van der Waals surface area (Å²) in [6.07, 6.45) is 2.86. The molecule has 32 heavy (non-hydrogen) atoms. The molecule has 0 radical (unpaired) electrons. The van der Waals surface area contributed by atoms with Crippen molar-refractivity contribution in [2.24, 2.45) is 0 Å². The van der Waals surface area contributed by atoms with Gasteiger partial charge in [-0.1, -0.05) is 50.5 Å². The SMILES string of the molecule is CCCCC[C@](C)(F)COC(=O)[C@@H](C)c1ccc2cc(OS(=O)(=O)C(F)(F)F)ccc2c1. The summed E-state index contributed by atoms with van der Waals surface area (Å²) < 4.78 is 83.5. The number of rotatable bonds is 10. The summed E-state index contributed by atoms with van der Waals surface area (Å²) >= 11 is 0. The fourth-order valence-electron chi connectivity index (χ4n) is 3.04. The highest BCUT2D eigenvalue weighted by Gasteiger charge is 2.48. The van der Waals surface area contributed by atoms with Crippen molar-refractivity contribution in [3.63, 3.8) is 0 Å². The monoisotopic (exact) mass is 478 g/mol. The number of hydrogen-bond acceptors (Lipinski definition) is 5. The summed E-state index contributed by atoms with van der Waals surface area (Å²) in [5.74, 6) is -1.78. The summed E-state index contributed by atoms with van der Waals surface area (Å²) in [7, 11) is -5.77. The fraction of sp³-hybridized carbons (Fsp3) is 0.500. The molecule has 10 heteroatoms. The summed E-state index contributed by atoms with van der Waals surface area (Å²) in [6.45, 7) is 4.67. The number of fused-ring (bicyclic) bond motifs is 1. The molecule has 0 fully saturated rings. The van der Waals surface area contributed by atoms with Crippen molar-refractivity contribution in [1.82, 2.24) is 0 Å². The number of carbonyl (C=O) groups excluding carboxylic acids is 1. The molecule has 2 atom stereocenters. The number of alkyl halides is 4. The molecule has 0 bridgehead atoms. The average molecular weight is 479 g/mol. The van der Waals surface area contributed by atoms with E-state index in [1.807, 2.05) is 6.92 Å². The average Bonchev–Trinajstić information content (AvgIpc) is 2.70. The molecule has 0 heterocycles. The first-order valence-electron chi connectivity index (χ1n) is 10.2. The second kappa shape index (κ2) is 10.1. The number of carbonyl (C=O) groups is 1. The zero-order valence-electron chi connectivity index (χ0n) is 18.0. The smallest absolute Gasteiger partial charge is 0.462 e. The third-order valence-corrected chi connectivity index (χ3v) is 5.97. The Kier molecular flexibility index (Phi) is 8.14. The van der Waals surface area contributed by atoms with Crippen molar-refractivity contribution >= 4 is 26.9 Å². The Hall–Kier alpha value is -2.36. The molecule has 0 aliphatic rings. The van der Waals surface area contributed by atoms with Gasteiger partial charge < -0.3 is 8.92 Å². The molecule has 0 N–H and O–H groups in total. The van der Waals surface area contributed by atoms with Crippen molar-refractivity contribution in [3.05, 3.63) is 42.0 Å². The Morgan fingerprint density at radius 2 is 1.66 bits per heavy atom. The van der Waals surface area contributed by atoms with Crippen LogP contribution >= 0.6 is 0 Å². The van der Waals surface area contributed by atoms with Gasteiger partial charge in [-0.3, -0.25) is 4.79 Å². The Balaban J connectivity index is 2.09. The summed E-state index contributed by atoms with van der Waals surface area (Å²) in [5, 5.41) is 0.963. The number of hydrogen-bond donors (Lipinski definition) is 0. The van der Waals surface area contributed by atoms with Gasteiger partial charge in [0.2, 0.25) is 0 Å². The topological polar surface area (TPSA) is 69.7 Å². The number of esters is 1. The van der Waals surface area contributed by atoms with E-state index in [9.17, 15) is 30.8 Å². The molecule has 0 spiro atoms. The van der Waals surface area contributed by atoms with Gasteiger partial charge in [0.25, 0.3) is 0 Å². The zero-order valence-corrected chi connectivity index (χ0v) is 18.9. The standard InChI is InChI=1S/C22H26F4O5S/c1-4-5-6-11-21(3,23)14-30-20(27)15(2)16-7-8-18-13-19(10-9-17(18)12-16)31-32(28,29)22(24,25)26/h7-10,12-13,15H,4-6,11,14H2,1-3H3/t15-,21-/m0/s1. The maximum absolute atomic E-state index is 14.5. The van der Waals surface area contributed by atoms with E-state index in [0.29, 0.717) is 29.2 Å². The van der Waals surface area contributed by atoms with E-state index in [0.717, 1.165) is 25.0 Å². The fourth-order valence-corrected chi connectivity index (χ4v) is 3.49. The quantitative estimate of drug-likeness (QED) is 0.137. The van der Waals surface area contributed by atoms with Gasteiger partial charge in [-0.2, -0.15) is 21.6 Å². The van der Waals surface area contributed by atoms with Crippen molar-refractivity contribution in [2.45, 2.75) is 63.5 Å². The van der Waals surface area contributed by atoms with E-state index in [2.05, 4.69) is 4.18 Å². The Morgan fingerprint density at radius 1 is 1.03 bits per heavy atom. The first kappa shape index (κ1) is 25.9. The van der Waals surface area contributed by atoms with E-state index in [-0.39, 0.29) is 6.61 Å². The second-order valence-corrected chi connectivity index (χ2v) is 9.49. The molecule has 0 saturated carbocycles. The minimum atomic E-state index is -5.77. The Bertz CT molecular complexity index is 1050. The molecular formula is C22H26F4O5S. The lowest BCUT2D eigenvalue weighted by molar-refractivity contribution is -0.149. The van der Waals surface area contributed by atoms with E-state index >= 15 is 0 Å². The van der Waals surface area contributed by atoms with Gasteiger partial charge in [0.15, 0.2) is 0 Å². The molecule has 0 aromatic heterocycles. The van der Waals surface area contributed by atoms with Crippen LogP contribution in [0.2, 0.25) is 0 Å². The van der Waals surface area contributed by atoms with E-state index in [1.54, 1.807) is 19.1 Å². The highest BCUT2D eigenvalue weighted by molar-refractivity contribution is 7.88. The third-order valence-electron chi connectivity index (χ3n) is 5.00. The zero-order chi connectivity index (χ0) is 24.2. The number of unbranched alkanes of at least 4 members (excludes halogenated alkanes) is 2. The van der Waals surface area contributed by atoms with Crippen LogP contribution in [0.4, 0.5) is 17.6 Å². The normalized spacial score (nSPS) is 15.2. The van der Waals surface area contributed by atoms with Crippen LogP contribution in [-0.4, -0.2) is 32.2 Å². The molecule has 2 rings (SSSR count). The van der Waals surface area contributed by atoms with Crippen LogP contribution in [-0.2, 0) is 19.6 Å². The van der Waals surface area contributed by atoms with E-state index in [1.165, 1.54) is 19.1 Å². The van der Waals surface area contributed by atoms with Crippen LogP contribution in [0.15, 0.2) is 36.4 Å². The predicted octanol–water partition coefficient (Wildman–Crippen LogP) is 6.02. The first-order valence-corrected chi connectivity index (χ1v) is 11.6. The van der Waals surface area contributed by atoms with Crippen molar-refractivity contribution in [1.29, 1.82) is 0 Å². The van der Waals surface area contributed by atoms with Gasteiger partial charge in [-0.05, 0) is 48.7 Å². The van der Waals surface area contributed by atoms with Gasteiger partial charge in [-0.25, -0.2) is 4.39 Å². The summed E-state index contributed by atoms with van der Waals surface area (Å²) in [5.41, 5.74) is -6.58. The molecule has 2 aromatic rings. The Labute approximate surface area is 184 Å². The molecule has 0 amide bonds. The summed E-state index contributed by atoms with van der Waals surface area (Å²) in [4.78, 5) is 12.4. The predicted molar refractivity (Wildman–Crippen MR) is 113 cm³/mol. The largest absolute Gasteiger partial charge is 0.534 e. The molecule has 0 aliphatic heterocycles. The maximum Gasteiger partial charge on any atom is 0.534 e. The van der Waals surface area contributed by atoms with Crippen LogP contribution in [0.1, 0.15) is 57.9 Å². The van der Waals surface area contributed by atoms with Crippen LogP contribution in [0.3, 0.4) is 0 Å². The molecule has 0 aliphatic carbocycles. The van der Waals surface area contributed by atoms with E-state index < -0.39 is 38.9 Å². The maximum atomic E-state index is 14.5. The van der Waals surface area contributed by atoms with Crippen molar-refractivity contribution in [3.8, 4) is 5.75 Å². The van der Waals surface area contributed by atoms with Crippen molar-refractivity contribution < 1.29 is 39.7 Å². The molecular weight excluding hydrogens is 452 g/mol. The lowest BCUT2D eigenvalue weighted by atomic mass is 9.97. The van der Waals surface area contributed by atoms with Crippen LogP contribution in [0, 0.1) is 0 Å². The highest BCUT2D eigenvalue weighted by Crippen LogP contribution is 2.30. The minimum Gasteiger partial charge on any atom is -0.462 e. The molecule has 2 aromatic carbocycles. The molecule has 0 unspecified atom stereocenters. The molecule has 5 nitrogen and oxygen atoms in total. The number of ether oxygens (including phenoxy) is 1. The second-order valence-electron chi connectivity index (χ2n) is 7.95. The van der Waals surface area contributed by atoms with Crippen LogP contribution < -0.4 is 4.18 Å². The number of benzene rings is 2. The van der Waals surface area contributed by atoms with Crippen molar-refractivity contribution in [2.75, 3.05) is 6.61 Å². The number of halogens is 4. The van der Waals surface area contributed by atoms with Gasteiger partial charge in [0.1, 0.15) is 18.0 Å². The molecule has 178 valence electrons. The molecule has 0 saturated heterocycles. The Morgan fingerprint density at radius 3 is 2.28 bits per heavy atom. The van der Waals surface area contributed by atoms with Gasteiger partial charge in [0, 0.05) is 0 Å². The lowest BCUT2D eigenvalue weighted by Gasteiger charge is -2.21. The van der Waals surface area contributed by atoms with E-state index in [4.69, 9.17) is 4.74 Å². The van der Waals surface area contributed by atoms with Gasteiger partial charge >= 0.3 is 21.6 Å². The third kappa shape index (κ3) is 6.82. The highest BCUT2D eigenvalue weighted by atomic mass is 32.2. The van der Waals surface area contributed by atoms with Crippen LogP contribution in [0.25, 0.3) is 10.8 Å².